The van der Waals surface area contributed by atoms with Gasteiger partial charge in [-0.2, -0.15) is 0 Å². The van der Waals surface area contributed by atoms with Crippen molar-refractivity contribution in [2.75, 3.05) is 6.54 Å². The maximum absolute atomic E-state index is 11.2. The molecule has 1 saturated heterocycles. The number of nitrogens with zero attached hydrogens (tertiary/aromatic N) is 2. The first-order chi connectivity index (χ1) is 11.0. The monoisotopic (exact) mass is 316 g/mol. The number of benzene rings is 1. The highest BCUT2D eigenvalue weighted by molar-refractivity contribution is 5.73. The number of non-ortho nitro benzene ring substituents is 1. The molecule has 0 bridgehead atoms. The Hall–Kier alpha value is -2.67. The van der Waals surface area contributed by atoms with Crippen molar-refractivity contribution in [3.05, 3.63) is 52.3 Å². The van der Waals surface area contributed by atoms with E-state index in [1.165, 1.54) is 12.1 Å². The number of carboxylic acid groups (broad SMARTS) is 1. The van der Waals surface area contributed by atoms with Gasteiger partial charge in [0.05, 0.1) is 11.5 Å². The molecule has 1 unspecified atom stereocenters. The number of aliphatic carboxylic acids is 1. The molecule has 1 fully saturated rings. The van der Waals surface area contributed by atoms with E-state index in [1.807, 2.05) is 4.90 Å². The molecule has 0 spiro atoms. The van der Waals surface area contributed by atoms with Crippen molar-refractivity contribution in [3.8, 4) is 11.3 Å². The molecule has 0 radical (unpaired) electrons. The number of nitro groups is 1. The quantitative estimate of drug-likeness (QED) is 0.673. The Morgan fingerprint density at radius 3 is 2.96 bits per heavy atom. The number of hydrogen-bond donors (Lipinski definition) is 1. The van der Waals surface area contributed by atoms with Gasteiger partial charge in [-0.1, -0.05) is 12.1 Å². The van der Waals surface area contributed by atoms with Gasteiger partial charge in [0.15, 0.2) is 0 Å². The zero-order valence-corrected chi connectivity index (χ0v) is 12.3. The van der Waals surface area contributed by atoms with Crippen LogP contribution in [0.4, 0.5) is 5.69 Å². The molecular weight excluding hydrogens is 300 g/mol. The van der Waals surface area contributed by atoms with Crippen LogP contribution in [0.25, 0.3) is 11.3 Å². The molecule has 1 aromatic heterocycles. The molecule has 1 N–H and O–H groups in total. The lowest BCUT2D eigenvalue weighted by atomic mass is 10.1. The fourth-order valence-electron chi connectivity index (χ4n) is 2.89. The Morgan fingerprint density at radius 1 is 1.39 bits per heavy atom. The summed E-state index contributed by atoms with van der Waals surface area (Å²) in [5.41, 5.74) is 0.632. The standard InChI is InChI=1S/C16H16N2O5/c19-16(20)14-5-2-8-17(14)10-13-6-7-15(23-13)11-3-1-4-12(9-11)18(21)22/h1,3-4,6-7,9,14H,2,5,8,10H2,(H,19,20). The van der Waals surface area contributed by atoms with Crippen LogP contribution in [0.1, 0.15) is 18.6 Å². The Morgan fingerprint density at radius 2 is 2.22 bits per heavy atom. The fraction of sp³-hybridized carbons (Fsp3) is 0.312. The zero-order valence-electron chi connectivity index (χ0n) is 12.3. The van der Waals surface area contributed by atoms with Gasteiger partial charge in [-0.3, -0.25) is 19.8 Å². The number of furan rings is 1. The van der Waals surface area contributed by atoms with Crippen LogP contribution in [0.2, 0.25) is 0 Å². The van der Waals surface area contributed by atoms with E-state index in [0.29, 0.717) is 30.0 Å². The third-order valence-corrected chi connectivity index (χ3v) is 4.01. The van der Waals surface area contributed by atoms with Gasteiger partial charge in [0.2, 0.25) is 0 Å². The molecule has 7 nitrogen and oxygen atoms in total. The van der Waals surface area contributed by atoms with Crippen LogP contribution in [0.5, 0.6) is 0 Å². The molecule has 3 rings (SSSR count). The molecule has 2 heterocycles. The average molecular weight is 316 g/mol. The van der Waals surface area contributed by atoms with E-state index < -0.39 is 16.9 Å². The van der Waals surface area contributed by atoms with Gasteiger partial charge in [-0.05, 0) is 31.5 Å². The Balaban J connectivity index is 1.77. The molecule has 23 heavy (non-hydrogen) atoms. The normalized spacial score (nSPS) is 18.2. The summed E-state index contributed by atoms with van der Waals surface area (Å²) in [6.07, 6.45) is 1.50. The second-order valence-electron chi connectivity index (χ2n) is 5.54. The maximum atomic E-state index is 11.2. The topological polar surface area (TPSA) is 96.8 Å². The van der Waals surface area contributed by atoms with E-state index in [-0.39, 0.29) is 5.69 Å². The van der Waals surface area contributed by atoms with E-state index in [2.05, 4.69) is 0 Å². The summed E-state index contributed by atoms with van der Waals surface area (Å²) in [6.45, 7) is 1.15. The number of rotatable bonds is 5. The Bertz CT molecular complexity index is 740. The van der Waals surface area contributed by atoms with Crippen molar-refractivity contribution in [2.45, 2.75) is 25.4 Å². The van der Waals surface area contributed by atoms with Gasteiger partial charge in [0, 0.05) is 17.7 Å². The van der Waals surface area contributed by atoms with E-state index >= 15 is 0 Å². The van der Waals surface area contributed by atoms with Crippen molar-refractivity contribution in [1.29, 1.82) is 0 Å². The summed E-state index contributed by atoms with van der Waals surface area (Å²) in [5, 5.41) is 20.0. The summed E-state index contributed by atoms with van der Waals surface area (Å²) < 4.78 is 5.74. The number of hydrogen-bond acceptors (Lipinski definition) is 5. The fourth-order valence-corrected chi connectivity index (χ4v) is 2.89. The van der Waals surface area contributed by atoms with E-state index in [0.717, 1.165) is 13.0 Å². The molecule has 2 aromatic rings. The lowest BCUT2D eigenvalue weighted by Crippen LogP contribution is -2.35. The molecule has 0 saturated carbocycles. The molecule has 7 heteroatoms. The van der Waals surface area contributed by atoms with Crippen LogP contribution in [0.3, 0.4) is 0 Å². The van der Waals surface area contributed by atoms with Crippen LogP contribution < -0.4 is 0 Å². The molecule has 1 aromatic carbocycles. The third-order valence-electron chi connectivity index (χ3n) is 4.01. The summed E-state index contributed by atoms with van der Waals surface area (Å²) in [4.78, 5) is 23.5. The minimum Gasteiger partial charge on any atom is -0.480 e. The lowest BCUT2D eigenvalue weighted by molar-refractivity contribution is -0.384. The molecule has 1 aliphatic rings. The van der Waals surface area contributed by atoms with Crippen LogP contribution in [-0.4, -0.2) is 33.5 Å². The summed E-state index contributed by atoms with van der Waals surface area (Å²) in [6, 6.07) is 9.29. The van der Waals surface area contributed by atoms with Crippen molar-refractivity contribution in [1.82, 2.24) is 4.90 Å². The predicted molar refractivity (Wildman–Crippen MR) is 81.9 cm³/mol. The number of likely N-dealkylation sites (tertiary alicyclic amines) is 1. The van der Waals surface area contributed by atoms with Crippen LogP contribution >= 0.6 is 0 Å². The minimum atomic E-state index is -0.812. The first kappa shape index (κ1) is 15.2. The van der Waals surface area contributed by atoms with Crippen LogP contribution in [0.15, 0.2) is 40.8 Å². The van der Waals surface area contributed by atoms with Crippen molar-refractivity contribution < 1.29 is 19.2 Å². The van der Waals surface area contributed by atoms with E-state index in [1.54, 1.807) is 24.3 Å². The first-order valence-corrected chi connectivity index (χ1v) is 7.35. The van der Waals surface area contributed by atoms with Crippen LogP contribution in [0, 0.1) is 10.1 Å². The molecule has 1 aliphatic heterocycles. The van der Waals surface area contributed by atoms with Gasteiger partial charge in [-0.25, -0.2) is 0 Å². The van der Waals surface area contributed by atoms with E-state index in [9.17, 15) is 20.0 Å². The number of carboxylic acids is 1. The summed E-state index contributed by atoms with van der Waals surface area (Å²) >= 11 is 0. The molecule has 1 atom stereocenters. The van der Waals surface area contributed by atoms with Crippen molar-refractivity contribution in [2.24, 2.45) is 0 Å². The Kier molecular flexibility index (Phi) is 4.12. The average Bonchev–Trinajstić information content (AvgIpc) is 3.17. The second-order valence-corrected chi connectivity index (χ2v) is 5.54. The molecule has 0 amide bonds. The highest BCUT2D eigenvalue weighted by Gasteiger charge is 2.30. The molecule has 0 aliphatic carbocycles. The molecular formula is C16H16N2O5. The van der Waals surface area contributed by atoms with Gasteiger partial charge in [0.25, 0.3) is 5.69 Å². The largest absolute Gasteiger partial charge is 0.480 e. The summed E-state index contributed by atoms with van der Waals surface area (Å²) in [7, 11) is 0. The zero-order chi connectivity index (χ0) is 16.4. The highest BCUT2D eigenvalue weighted by Crippen LogP contribution is 2.27. The predicted octanol–water partition coefficient (Wildman–Crippen LogP) is 2.90. The van der Waals surface area contributed by atoms with Crippen molar-refractivity contribution >= 4 is 11.7 Å². The highest BCUT2D eigenvalue weighted by atomic mass is 16.6. The van der Waals surface area contributed by atoms with E-state index in [4.69, 9.17) is 4.42 Å². The SMILES string of the molecule is O=C(O)C1CCCN1Cc1ccc(-c2cccc([N+](=O)[O-])c2)o1. The molecule has 120 valence electrons. The van der Waals surface area contributed by atoms with Crippen molar-refractivity contribution in [3.63, 3.8) is 0 Å². The number of nitro benzene ring substituents is 1. The number of carbonyl (C=O) groups is 1. The smallest absolute Gasteiger partial charge is 0.320 e. The first-order valence-electron chi connectivity index (χ1n) is 7.35. The third kappa shape index (κ3) is 3.24. The van der Waals surface area contributed by atoms with Gasteiger partial charge < -0.3 is 9.52 Å². The minimum absolute atomic E-state index is 0.00549. The van der Waals surface area contributed by atoms with Gasteiger partial charge in [0.1, 0.15) is 17.6 Å². The lowest BCUT2D eigenvalue weighted by Gasteiger charge is -2.19. The maximum Gasteiger partial charge on any atom is 0.320 e. The Labute approximate surface area is 132 Å². The van der Waals surface area contributed by atoms with Gasteiger partial charge in [-0.15, -0.1) is 0 Å². The van der Waals surface area contributed by atoms with Crippen LogP contribution in [-0.2, 0) is 11.3 Å². The summed E-state index contributed by atoms with van der Waals surface area (Å²) in [5.74, 6) is 0.377. The van der Waals surface area contributed by atoms with Gasteiger partial charge >= 0.3 is 5.97 Å². The second kappa shape index (κ2) is 6.21.